The topological polar surface area (TPSA) is 79.9 Å². The summed E-state index contributed by atoms with van der Waals surface area (Å²) in [5.74, 6) is 1.06. The predicted octanol–water partition coefficient (Wildman–Crippen LogP) is 3.04. The number of anilines is 1. The molecule has 0 aromatic heterocycles. The Bertz CT molecular complexity index is 774. The average Bonchev–Trinajstić information content (AvgIpc) is 2.65. The van der Waals surface area contributed by atoms with Crippen LogP contribution < -0.4 is 15.8 Å². The van der Waals surface area contributed by atoms with E-state index in [1.54, 1.807) is 0 Å². The molecule has 26 heavy (non-hydrogen) atoms. The number of aryl methyl sites for hydroxylation is 2. The van der Waals surface area contributed by atoms with Crippen LogP contribution in [0, 0.1) is 6.92 Å². The molecule has 0 aliphatic heterocycles. The minimum Gasteiger partial charge on any atom is -0.491 e. The molecule has 0 spiro atoms. The molecule has 1 aliphatic rings. The molecular formula is C21H27N3O2. The van der Waals surface area contributed by atoms with Crippen molar-refractivity contribution in [3.63, 3.8) is 0 Å². The first-order valence-electron chi connectivity index (χ1n) is 9.17. The molecule has 0 saturated carbocycles. The second-order valence-corrected chi connectivity index (χ2v) is 6.78. The van der Waals surface area contributed by atoms with Crippen molar-refractivity contribution in [3.05, 3.63) is 59.2 Å². The highest BCUT2D eigenvalue weighted by molar-refractivity contribution is 5.93. The number of rotatable bonds is 6. The van der Waals surface area contributed by atoms with Gasteiger partial charge in [-0.3, -0.25) is 4.99 Å². The Balaban J connectivity index is 1.52. The van der Waals surface area contributed by atoms with Crippen LogP contribution in [0.1, 0.15) is 29.5 Å². The van der Waals surface area contributed by atoms with Crippen LogP contribution in [-0.4, -0.2) is 30.3 Å². The second kappa shape index (κ2) is 8.72. The van der Waals surface area contributed by atoms with Crippen molar-refractivity contribution in [3.8, 4) is 5.75 Å². The van der Waals surface area contributed by atoms with Gasteiger partial charge in [-0.1, -0.05) is 24.3 Å². The lowest BCUT2D eigenvalue weighted by Gasteiger charge is -2.20. The molecule has 0 heterocycles. The Hall–Kier alpha value is -2.53. The number of aliphatic hydroxyl groups excluding tert-OH is 1. The van der Waals surface area contributed by atoms with Gasteiger partial charge >= 0.3 is 0 Å². The molecule has 0 radical (unpaired) electrons. The van der Waals surface area contributed by atoms with E-state index in [-0.39, 0.29) is 13.2 Å². The first-order valence-corrected chi connectivity index (χ1v) is 9.17. The van der Waals surface area contributed by atoms with Gasteiger partial charge in [0.25, 0.3) is 0 Å². The number of aliphatic imine (C=N–C) groups is 1. The number of hydrogen-bond acceptors (Lipinski definition) is 3. The van der Waals surface area contributed by atoms with Crippen molar-refractivity contribution < 1.29 is 9.84 Å². The number of fused-ring (bicyclic) bond motifs is 1. The number of guanidine groups is 1. The van der Waals surface area contributed by atoms with E-state index in [0.29, 0.717) is 5.96 Å². The summed E-state index contributed by atoms with van der Waals surface area (Å²) in [6, 6.07) is 14.0. The molecule has 4 N–H and O–H groups in total. The van der Waals surface area contributed by atoms with Gasteiger partial charge < -0.3 is 20.9 Å². The zero-order valence-electron chi connectivity index (χ0n) is 15.2. The summed E-state index contributed by atoms with van der Waals surface area (Å²) in [6.45, 7) is 2.38. The molecule has 1 unspecified atom stereocenters. The fourth-order valence-corrected chi connectivity index (χ4v) is 3.23. The summed E-state index contributed by atoms with van der Waals surface area (Å²) in [6.07, 6.45) is 3.93. The fraction of sp³-hybridized carbons (Fsp3) is 0.381. The number of nitrogens with one attached hydrogen (secondary N) is 1. The SMILES string of the molecule is Cc1cccc(OCC(O)CN=C(N)Nc2cccc3c2CCCC3)c1. The number of ether oxygens (including phenoxy) is 1. The predicted molar refractivity (Wildman–Crippen MR) is 106 cm³/mol. The number of hydrogen-bond donors (Lipinski definition) is 3. The van der Waals surface area contributed by atoms with Crippen LogP contribution in [0.4, 0.5) is 5.69 Å². The quantitative estimate of drug-likeness (QED) is 0.551. The minimum absolute atomic E-state index is 0.182. The Morgan fingerprint density at radius 2 is 2.04 bits per heavy atom. The van der Waals surface area contributed by atoms with Gasteiger partial charge in [-0.05, 0) is 67.5 Å². The minimum atomic E-state index is -0.708. The maximum Gasteiger partial charge on any atom is 0.193 e. The zero-order chi connectivity index (χ0) is 18.4. The van der Waals surface area contributed by atoms with E-state index in [2.05, 4.69) is 16.4 Å². The van der Waals surface area contributed by atoms with Gasteiger partial charge in [0.15, 0.2) is 5.96 Å². The molecule has 0 fully saturated rings. The maximum atomic E-state index is 10.1. The second-order valence-electron chi connectivity index (χ2n) is 6.78. The third-order valence-electron chi connectivity index (χ3n) is 4.56. The summed E-state index contributed by atoms with van der Waals surface area (Å²) < 4.78 is 5.59. The monoisotopic (exact) mass is 353 g/mol. The lowest BCUT2D eigenvalue weighted by atomic mass is 9.90. The van der Waals surface area contributed by atoms with E-state index in [1.807, 2.05) is 43.3 Å². The van der Waals surface area contributed by atoms with Crippen LogP contribution in [0.2, 0.25) is 0 Å². The Kier molecular flexibility index (Phi) is 6.12. The van der Waals surface area contributed by atoms with Crippen LogP contribution in [0.3, 0.4) is 0 Å². The third-order valence-corrected chi connectivity index (χ3v) is 4.56. The molecule has 0 amide bonds. The first kappa shape index (κ1) is 18.3. The van der Waals surface area contributed by atoms with Gasteiger partial charge in [-0.2, -0.15) is 0 Å². The summed E-state index contributed by atoms with van der Waals surface area (Å²) in [5, 5.41) is 13.3. The number of aliphatic hydroxyl groups is 1. The number of benzene rings is 2. The highest BCUT2D eigenvalue weighted by atomic mass is 16.5. The molecule has 0 bridgehead atoms. The molecule has 1 atom stereocenters. The zero-order valence-corrected chi connectivity index (χ0v) is 15.2. The van der Waals surface area contributed by atoms with Gasteiger partial charge in [0.05, 0.1) is 6.54 Å². The molecule has 2 aromatic carbocycles. The van der Waals surface area contributed by atoms with Crippen molar-refractivity contribution in [1.29, 1.82) is 0 Å². The molecule has 0 saturated heterocycles. The Morgan fingerprint density at radius 3 is 2.88 bits per heavy atom. The average molecular weight is 353 g/mol. The van der Waals surface area contributed by atoms with Crippen LogP contribution in [-0.2, 0) is 12.8 Å². The van der Waals surface area contributed by atoms with Gasteiger partial charge in [-0.25, -0.2) is 0 Å². The highest BCUT2D eigenvalue weighted by Crippen LogP contribution is 2.27. The third kappa shape index (κ3) is 4.99. The molecule has 5 heteroatoms. The number of nitrogens with two attached hydrogens (primary N) is 1. The van der Waals surface area contributed by atoms with E-state index >= 15 is 0 Å². The van der Waals surface area contributed by atoms with Crippen molar-refractivity contribution in [2.45, 2.75) is 38.7 Å². The standard InChI is InChI=1S/C21H27N3O2/c1-15-6-4-9-18(12-15)26-14-17(25)13-23-21(22)24-20-11-5-8-16-7-2-3-10-19(16)20/h4-6,8-9,11-12,17,25H,2-3,7,10,13-14H2,1H3,(H3,22,23,24). The van der Waals surface area contributed by atoms with Gasteiger partial charge in [-0.15, -0.1) is 0 Å². The van der Waals surface area contributed by atoms with Crippen LogP contribution in [0.5, 0.6) is 5.75 Å². The fourth-order valence-electron chi connectivity index (χ4n) is 3.23. The van der Waals surface area contributed by atoms with Crippen molar-refractivity contribution >= 4 is 11.6 Å². The molecule has 2 aromatic rings. The summed E-state index contributed by atoms with van der Waals surface area (Å²) >= 11 is 0. The van der Waals surface area contributed by atoms with Crippen molar-refractivity contribution in [2.24, 2.45) is 10.7 Å². The Labute approximate surface area is 154 Å². The van der Waals surface area contributed by atoms with E-state index in [4.69, 9.17) is 10.5 Å². The van der Waals surface area contributed by atoms with E-state index in [0.717, 1.165) is 29.8 Å². The van der Waals surface area contributed by atoms with E-state index in [1.165, 1.54) is 24.0 Å². The largest absolute Gasteiger partial charge is 0.491 e. The molecular weight excluding hydrogens is 326 g/mol. The maximum absolute atomic E-state index is 10.1. The van der Waals surface area contributed by atoms with E-state index < -0.39 is 6.10 Å². The van der Waals surface area contributed by atoms with Crippen LogP contribution >= 0.6 is 0 Å². The van der Waals surface area contributed by atoms with Gasteiger partial charge in [0.2, 0.25) is 0 Å². The van der Waals surface area contributed by atoms with Gasteiger partial charge in [0.1, 0.15) is 18.5 Å². The first-order chi connectivity index (χ1) is 12.6. The van der Waals surface area contributed by atoms with Crippen molar-refractivity contribution in [2.75, 3.05) is 18.5 Å². The molecule has 5 nitrogen and oxygen atoms in total. The smallest absolute Gasteiger partial charge is 0.193 e. The molecule has 138 valence electrons. The molecule has 1 aliphatic carbocycles. The normalized spacial score (nSPS) is 15.2. The lowest BCUT2D eigenvalue weighted by Crippen LogP contribution is -2.27. The summed E-state index contributed by atoms with van der Waals surface area (Å²) in [4.78, 5) is 4.25. The number of nitrogens with zero attached hydrogens (tertiary/aromatic N) is 1. The Morgan fingerprint density at radius 1 is 1.23 bits per heavy atom. The highest BCUT2D eigenvalue weighted by Gasteiger charge is 2.13. The molecule has 3 rings (SSSR count). The van der Waals surface area contributed by atoms with Crippen LogP contribution in [0.25, 0.3) is 0 Å². The van der Waals surface area contributed by atoms with Gasteiger partial charge in [0, 0.05) is 5.69 Å². The van der Waals surface area contributed by atoms with Crippen LogP contribution in [0.15, 0.2) is 47.5 Å². The summed E-state index contributed by atoms with van der Waals surface area (Å²) in [7, 11) is 0. The lowest BCUT2D eigenvalue weighted by molar-refractivity contribution is 0.114. The van der Waals surface area contributed by atoms with Crippen molar-refractivity contribution in [1.82, 2.24) is 0 Å². The van der Waals surface area contributed by atoms with E-state index in [9.17, 15) is 5.11 Å². The summed E-state index contributed by atoms with van der Waals surface area (Å²) in [5.41, 5.74) is 10.9.